The molecule has 2 rings (SSSR count). The molecule has 0 saturated heterocycles. The molecule has 0 aliphatic carbocycles. The van der Waals surface area contributed by atoms with Crippen LogP contribution < -0.4 is 0 Å². The first-order chi connectivity index (χ1) is 9.33. The number of carbonyl (C=O) groups is 2. The molecule has 1 aliphatic rings. The van der Waals surface area contributed by atoms with Crippen molar-refractivity contribution in [3.8, 4) is 0 Å². The van der Waals surface area contributed by atoms with E-state index in [1.807, 2.05) is 24.3 Å². The van der Waals surface area contributed by atoms with Gasteiger partial charge in [0.25, 0.3) is 0 Å². The van der Waals surface area contributed by atoms with E-state index in [1.54, 1.807) is 20.8 Å². The van der Waals surface area contributed by atoms with Crippen molar-refractivity contribution in [1.82, 2.24) is 4.90 Å². The number of benzene rings is 1. The Labute approximate surface area is 131 Å². The molecule has 1 aliphatic heterocycles. The van der Waals surface area contributed by atoms with E-state index in [1.165, 1.54) is 27.9 Å². The highest BCUT2D eigenvalue weighted by molar-refractivity contribution is 14.1. The Morgan fingerprint density at radius 3 is 2.55 bits per heavy atom. The van der Waals surface area contributed by atoms with Gasteiger partial charge in [0.15, 0.2) is 29.0 Å². The minimum Gasteiger partial charge on any atom is -0.444 e. The van der Waals surface area contributed by atoms with Gasteiger partial charge in [0.2, 0.25) is 0 Å². The first kappa shape index (κ1) is 15.1. The fourth-order valence-corrected chi connectivity index (χ4v) is 2.42. The van der Waals surface area contributed by atoms with Gasteiger partial charge in [0, 0.05) is 0 Å². The maximum Gasteiger partial charge on any atom is 0.411 e. The molecule has 20 heavy (non-hydrogen) atoms. The molecular weight excluding hydrogens is 373 g/mol. The van der Waals surface area contributed by atoms with Crippen molar-refractivity contribution in [2.45, 2.75) is 39.0 Å². The quantitative estimate of drug-likeness (QED) is 0.692. The maximum atomic E-state index is 12.3. The van der Waals surface area contributed by atoms with E-state index in [-0.39, 0.29) is 0 Å². The molecule has 0 spiro atoms. The molecule has 0 aromatic heterocycles. The van der Waals surface area contributed by atoms with Gasteiger partial charge in [-0.25, -0.2) is 9.59 Å². The SMILES string of the molecule is CC(C)(C)OC(=O)N1Cc2ccccc2C1C(=O)OI. The van der Waals surface area contributed by atoms with Gasteiger partial charge in [-0.1, -0.05) is 24.3 Å². The molecule has 0 saturated carbocycles. The van der Waals surface area contributed by atoms with Gasteiger partial charge in [0.05, 0.1) is 6.54 Å². The molecule has 0 radical (unpaired) electrons. The molecular formula is C14H16INO4. The molecule has 1 atom stereocenters. The minimum atomic E-state index is -0.738. The van der Waals surface area contributed by atoms with Crippen LogP contribution in [0.3, 0.4) is 0 Å². The molecule has 1 heterocycles. The largest absolute Gasteiger partial charge is 0.444 e. The first-order valence-corrected chi connectivity index (χ1v) is 7.11. The van der Waals surface area contributed by atoms with Crippen molar-refractivity contribution in [2.24, 2.45) is 0 Å². The Bertz CT molecular complexity index is 538. The predicted octanol–water partition coefficient (Wildman–Crippen LogP) is 3.37. The van der Waals surface area contributed by atoms with Gasteiger partial charge in [-0.15, -0.1) is 0 Å². The summed E-state index contributed by atoms with van der Waals surface area (Å²) in [5, 5.41) is 0. The van der Waals surface area contributed by atoms with E-state index < -0.39 is 23.7 Å². The Morgan fingerprint density at radius 2 is 1.95 bits per heavy atom. The molecule has 1 amide bonds. The summed E-state index contributed by atoms with van der Waals surface area (Å²) < 4.78 is 10.1. The summed E-state index contributed by atoms with van der Waals surface area (Å²) in [7, 11) is 0. The zero-order valence-electron chi connectivity index (χ0n) is 11.6. The summed E-state index contributed by atoms with van der Waals surface area (Å²) in [4.78, 5) is 25.6. The normalized spacial score (nSPS) is 17.6. The van der Waals surface area contributed by atoms with Crippen molar-refractivity contribution in [3.05, 3.63) is 35.4 Å². The number of carbonyl (C=O) groups excluding carboxylic acids is 2. The lowest BCUT2D eigenvalue weighted by molar-refractivity contribution is -0.137. The second-order valence-electron chi connectivity index (χ2n) is 5.61. The molecule has 1 aromatic carbocycles. The third kappa shape index (κ3) is 3.05. The molecule has 0 bridgehead atoms. The van der Waals surface area contributed by atoms with Gasteiger partial charge in [-0.05, 0) is 31.9 Å². The summed E-state index contributed by atoms with van der Waals surface area (Å²) in [6.45, 7) is 5.72. The number of hydrogen-bond acceptors (Lipinski definition) is 4. The fourth-order valence-electron chi connectivity index (χ4n) is 2.17. The highest BCUT2D eigenvalue weighted by Crippen LogP contribution is 2.35. The zero-order chi connectivity index (χ0) is 14.9. The molecule has 5 nitrogen and oxygen atoms in total. The molecule has 0 N–H and O–H groups in total. The number of ether oxygens (including phenoxy) is 1. The van der Waals surface area contributed by atoms with Crippen molar-refractivity contribution in [1.29, 1.82) is 0 Å². The molecule has 108 valence electrons. The van der Waals surface area contributed by atoms with Gasteiger partial charge in [-0.2, -0.15) is 0 Å². The highest BCUT2D eigenvalue weighted by atomic mass is 127. The van der Waals surface area contributed by atoms with E-state index >= 15 is 0 Å². The predicted molar refractivity (Wildman–Crippen MR) is 81.1 cm³/mol. The molecule has 1 aromatic rings. The van der Waals surface area contributed by atoms with Crippen LogP contribution in [0.1, 0.15) is 37.9 Å². The molecule has 1 unspecified atom stereocenters. The number of nitrogens with zero attached hydrogens (tertiary/aromatic N) is 1. The average molecular weight is 389 g/mol. The highest BCUT2D eigenvalue weighted by Gasteiger charge is 2.41. The van der Waals surface area contributed by atoms with Crippen molar-refractivity contribution >= 4 is 35.1 Å². The Kier molecular flexibility index (Phi) is 4.22. The van der Waals surface area contributed by atoms with Crippen molar-refractivity contribution in [2.75, 3.05) is 0 Å². The summed E-state index contributed by atoms with van der Waals surface area (Å²) in [5.74, 6) is -0.471. The molecule has 6 heteroatoms. The third-order valence-corrected chi connectivity index (χ3v) is 3.36. The lowest BCUT2D eigenvalue weighted by Crippen LogP contribution is -2.38. The Balaban J connectivity index is 2.31. The number of rotatable bonds is 1. The summed E-state index contributed by atoms with van der Waals surface area (Å²) >= 11 is 1.54. The number of hydrogen-bond donors (Lipinski definition) is 0. The second kappa shape index (κ2) is 5.59. The summed E-state index contributed by atoms with van der Waals surface area (Å²) in [6, 6.07) is 6.71. The number of fused-ring (bicyclic) bond motifs is 1. The summed E-state index contributed by atoms with van der Waals surface area (Å²) in [6.07, 6.45) is -0.513. The Hall–Kier alpha value is -1.31. The third-order valence-electron chi connectivity index (χ3n) is 2.93. The van der Waals surface area contributed by atoms with E-state index in [0.29, 0.717) is 6.54 Å². The first-order valence-electron chi connectivity index (χ1n) is 6.23. The minimum absolute atomic E-state index is 0.349. The monoisotopic (exact) mass is 389 g/mol. The van der Waals surface area contributed by atoms with Crippen LogP contribution in [-0.4, -0.2) is 22.6 Å². The number of amides is 1. The van der Waals surface area contributed by atoms with Crippen molar-refractivity contribution in [3.63, 3.8) is 0 Å². The lowest BCUT2D eigenvalue weighted by Gasteiger charge is -2.27. The van der Waals surface area contributed by atoms with E-state index in [0.717, 1.165) is 11.1 Å². The average Bonchev–Trinajstić information content (AvgIpc) is 2.75. The van der Waals surface area contributed by atoms with Gasteiger partial charge in [0.1, 0.15) is 5.60 Å². The Morgan fingerprint density at radius 1 is 1.30 bits per heavy atom. The smallest absolute Gasteiger partial charge is 0.411 e. The molecule has 0 fully saturated rings. The standard InChI is InChI=1S/C14H16INO4/c1-14(2,3)19-13(18)16-8-9-6-4-5-7-10(9)11(16)12(17)20-15/h4-7,11H,8H2,1-3H3. The van der Waals surface area contributed by atoms with Crippen LogP contribution in [-0.2, 0) is 19.1 Å². The van der Waals surface area contributed by atoms with Gasteiger partial charge < -0.3 is 7.80 Å². The van der Waals surface area contributed by atoms with Crippen LogP contribution in [0.15, 0.2) is 24.3 Å². The van der Waals surface area contributed by atoms with Crippen LogP contribution in [0.5, 0.6) is 0 Å². The maximum absolute atomic E-state index is 12.3. The second-order valence-corrected chi connectivity index (χ2v) is 6.05. The van der Waals surface area contributed by atoms with E-state index in [9.17, 15) is 9.59 Å². The van der Waals surface area contributed by atoms with Crippen LogP contribution in [0.2, 0.25) is 0 Å². The van der Waals surface area contributed by atoms with E-state index in [2.05, 4.69) is 0 Å². The van der Waals surface area contributed by atoms with Crippen LogP contribution in [0.25, 0.3) is 0 Å². The lowest BCUT2D eigenvalue weighted by atomic mass is 10.1. The van der Waals surface area contributed by atoms with Crippen LogP contribution in [0, 0.1) is 0 Å². The van der Waals surface area contributed by atoms with Crippen LogP contribution in [0.4, 0.5) is 4.79 Å². The van der Waals surface area contributed by atoms with Crippen LogP contribution >= 0.6 is 23.0 Å². The summed E-state index contributed by atoms with van der Waals surface area (Å²) in [5.41, 5.74) is 1.12. The fraction of sp³-hybridized carbons (Fsp3) is 0.429. The van der Waals surface area contributed by atoms with Gasteiger partial charge in [-0.3, -0.25) is 4.90 Å². The van der Waals surface area contributed by atoms with Crippen molar-refractivity contribution < 1.29 is 17.4 Å². The van der Waals surface area contributed by atoms with Gasteiger partial charge >= 0.3 is 12.1 Å². The van der Waals surface area contributed by atoms with E-state index in [4.69, 9.17) is 7.80 Å². The zero-order valence-corrected chi connectivity index (χ0v) is 13.7. The number of halogens is 1. The topological polar surface area (TPSA) is 55.8 Å².